The Bertz CT molecular complexity index is 436. The van der Waals surface area contributed by atoms with Gasteiger partial charge in [0, 0.05) is 31.4 Å². The number of hydrogen-bond acceptors (Lipinski definition) is 2. The monoisotopic (exact) mass is 256 g/mol. The Labute approximate surface area is 116 Å². The average Bonchev–Trinajstić information content (AvgIpc) is 3.34. The molecule has 0 bridgehead atoms. The van der Waals surface area contributed by atoms with Crippen molar-refractivity contribution in [1.29, 1.82) is 0 Å². The van der Waals surface area contributed by atoms with Crippen molar-refractivity contribution in [3.63, 3.8) is 0 Å². The third-order valence-electron chi connectivity index (χ3n) is 5.00. The minimum atomic E-state index is 0.845. The molecule has 19 heavy (non-hydrogen) atoms. The molecule has 0 aromatic heterocycles. The van der Waals surface area contributed by atoms with Crippen LogP contribution in [0.3, 0.4) is 0 Å². The van der Waals surface area contributed by atoms with Gasteiger partial charge in [-0.1, -0.05) is 18.2 Å². The highest BCUT2D eigenvalue weighted by atomic mass is 15.2. The molecule has 0 spiro atoms. The van der Waals surface area contributed by atoms with Gasteiger partial charge in [0.1, 0.15) is 0 Å². The molecule has 102 valence electrons. The topological polar surface area (TPSA) is 15.3 Å². The van der Waals surface area contributed by atoms with Crippen molar-refractivity contribution < 1.29 is 0 Å². The number of nitrogens with one attached hydrogen (secondary N) is 1. The van der Waals surface area contributed by atoms with Gasteiger partial charge < -0.3 is 10.2 Å². The molecule has 2 heteroatoms. The lowest BCUT2D eigenvalue weighted by molar-refractivity contribution is 0.420. The van der Waals surface area contributed by atoms with Crippen LogP contribution in [-0.4, -0.2) is 25.7 Å². The minimum Gasteiger partial charge on any atom is -0.370 e. The highest BCUT2D eigenvalue weighted by Crippen LogP contribution is 2.44. The van der Waals surface area contributed by atoms with Crippen molar-refractivity contribution >= 4 is 5.69 Å². The van der Waals surface area contributed by atoms with Gasteiger partial charge in [0.05, 0.1) is 0 Å². The van der Waals surface area contributed by atoms with E-state index in [1.165, 1.54) is 56.4 Å². The van der Waals surface area contributed by atoms with Gasteiger partial charge in [0.15, 0.2) is 0 Å². The number of fused-ring (bicyclic) bond motifs is 1. The maximum Gasteiger partial charge on any atom is 0.0399 e. The Kier molecular flexibility index (Phi) is 2.99. The zero-order valence-electron chi connectivity index (χ0n) is 11.6. The fourth-order valence-corrected chi connectivity index (χ4v) is 3.63. The summed E-state index contributed by atoms with van der Waals surface area (Å²) in [6, 6.07) is 9.73. The summed E-state index contributed by atoms with van der Waals surface area (Å²) in [6.07, 6.45) is 7.12. The first-order valence-electron chi connectivity index (χ1n) is 7.98. The molecular formula is C17H24N2. The molecule has 0 saturated heterocycles. The summed E-state index contributed by atoms with van der Waals surface area (Å²) in [6.45, 7) is 3.54. The molecule has 0 amide bonds. The fourth-order valence-electron chi connectivity index (χ4n) is 3.63. The van der Waals surface area contributed by atoms with Gasteiger partial charge in [-0.25, -0.2) is 0 Å². The lowest BCUT2D eigenvalue weighted by atomic mass is 10.1. The van der Waals surface area contributed by atoms with E-state index in [0.29, 0.717) is 0 Å². The van der Waals surface area contributed by atoms with E-state index < -0.39 is 0 Å². The Morgan fingerprint density at radius 1 is 1.11 bits per heavy atom. The van der Waals surface area contributed by atoms with Gasteiger partial charge >= 0.3 is 0 Å². The summed E-state index contributed by atoms with van der Waals surface area (Å²) in [5.74, 6) is 2.02. The molecule has 1 aliphatic heterocycles. The van der Waals surface area contributed by atoms with E-state index in [9.17, 15) is 0 Å². The van der Waals surface area contributed by atoms with Crippen molar-refractivity contribution in [1.82, 2.24) is 5.32 Å². The molecule has 1 heterocycles. The van der Waals surface area contributed by atoms with Crippen LogP contribution < -0.4 is 10.2 Å². The third-order valence-corrected chi connectivity index (χ3v) is 5.00. The lowest BCUT2D eigenvalue weighted by Crippen LogP contribution is -2.39. The summed E-state index contributed by atoms with van der Waals surface area (Å²) in [7, 11) is 0. The molecule has 2 nitrogen and oxygen atoms in total. The predicted molar refractivity (Wildman–Crippen MR) is 79.6 cm³/mol. The number of anilines is 1. The van der Waals surface area contributed by atoms with Crippen molar-refractivity contribution in [3.05, 3.63) is 29.8 Å². The van der Waals surface area contributed by atoms with Gasteiger partial charge in [-0.2, -0.15) is 0 Å². The third kappa shape index (κ3) is 2.51. The second kappa shape index (κ2) is 4.82. The quantitative estimate of drug-likeness (QED) is 0.842. The van der Waals surface area contributed by atoms with E-state index in [0.717, 1.165) is 24.4 Å². The highest BCUT2D eigenvalue weighted by Gasteiger charge is 2.40. The van der Waals surface area contributed by atoms with Gasteiger partial charge in [0.2, 0.25) is 0 Å². The first-order valence-corrected chi connectivity index (χ1v) is 7.98. The molecule has 2 fully saturated rings. The number of nitrogens with zero attached hydrogens (tertiary/aromatic N) is 1. The maximum atomic E-state index is 3.86. The Hall–Kier alpha value is -1.02. The normalized spacial score (nSPS) is 22.1. The molecule has 1 aromatic rings. The van der Waals surface area contributed by atoms with E-state index in [2.05, 4.69) is 34.5 Å². The molecule has 0 atom stereocenters. The van der Waals surface area contributed by atoms with Crippen LogP contribution in [0.25, 0.3) is 0 Å². The highest BCUT2D eigenvalue weighted by molar-refractivity contribution is 5.57. The SMILES string of the molecule is c1ccc2c(c1)CCN2CCNC(C1CC1)C1CC1. The molecule has 3 aliphatic rings. The van der Waals surface area contributed by atoms with E-state index in [-0.39, 0.29) is 0 Å². The number of para-hydroxylation sites is 1. The van der Waals surface area contributed by atoms with Crippen molar-refractivity contribution in [3.8, 4) is 0 Å². The van der Waals surface area contributed by atoms with E-state index >= 15 is 0 Å². The molecule has 2 aliphatic carbocycles. The molecule has 4 rings (SSSR count). The molecule has 0 radical (unpaired) electrons. The summed E-state index contributed by atoms with van der Waals surface area (Å²) < 4.78 is 0. The largest absolute Gasteiger partial charge is 0.370 e. The molecule has 1 aromatic carbocycles. The van der Waals surface area contributed by atoms with Crippen LogP contribution in [0.1, 0.15) is 31.2 Å². The Morgan fingerprint density at radius 2 is 1.84 bits per heavy atom. The van der Waals surface area contributed by atoms with Crippen LogP contribution in [-0.2, 0) is 6.42 Å². The summed E-state index contributed by atoms with van der Waals surface area (Å²) >= 11 is 0. The second-order valence-electron chi connectivity index (χ2n) is 6.52. The number of rotatable bonds is 6. The first kappa shape index (κ1) is 11.8. The maximum absolute atomic E-state index is 3.86. The van der Waals surface area contributed by atoms with Crippen molar-refractivity contribution in [2.75, 3.05) is 24.5 Å². The van der Waals surface area contributed by atoms with Crippen LogP contribution in [0, 0.1) is 11.8 Å². The summed E-state index contributed by atoms with van der Waals surface area (Å²) in [5, 5.41) is 3.86. The first-order chi connectivity index (χ1) is 9.42. The van der Waals surface area contributed by atoms with Gasteiger partial charge in [0.25, 0.3) is 0 Å². The van der Waals surface area contributed by atoms with Gasteiger partial charge in [-0.05, 0) is 55.6 Å². The lowest BCUT2D eigenvalue weighted by Gasteiger charge is -2.23. The van der Waals surface area contributed by atoms with E-state index in [4.69, 9.17) is 0 Å². The van der Waals surface area contributed by atoms with E-state index in [1.54, 1.807) is 0 Å². The van der Waals surface area contributed by atoms with Crippen LogP contribution in [0.2, 0.25) is 0 Å². The van der Waals surface area contributed by atoms with Crippen molar-refractivity contribution in [2.45, 2.75) is 38.1 Å². The molecule has 2 saturated carbocycles. The van der Waals surface area contributed by atoms with Crippen molar-refractivity contribution in [2.24, 2.45) is 11.8 Å². The summed E-state index contributed by atoms with van der Waals surface area (Å²) in [5.41, 5.74) is 3.00. The van der Waals surface area contributed by atoms with Crippen LogP contribution in [0.4, 0.5) is 5.69 Å². The molecule has 1 N–H and O–H groups in total. The zero-order chi connectivity index (χ0) is 12.7. The second-order valence-corrected chi connectivity index (χ2v) is 6.52. The smallest absolute Gasteiger partial charge is 0.0399 e. The summed E-state index contributed by atoms with van der Waals surface area (Å²) in [4.78, 5) is 2.55. The number of hydrogen-bond donors (Lipinski definition) is 1. The fraction of sp³-hybridized carbons (Fsp3) is 0.647. The number of benzene rings is 1. The van der Waals surface area contributed by atoms with Gasteiger partial charge in [-0.15, -0.1) is 0 Å². The predicted octanol–water partition coefficient (Wildman–Crippen LogP) is 2.83. The van der Waals surface area contributed by atoms with E-state index in [1.807, 2.05) is 0 Å². The Balaban J connectivity index is 1.31. The van der Waals surface area contributed by atoms with Gasteiger partial charge in [-0.3, -0.25) is 0 Å². The van der Waals surface area contributed by atoms with Crippen LogP contribution >= 0.6 is 0 Å². The molecule has 0 unspecified atom stereocenters. The van der Waals surface area contributed by atoms with Crippen LogP contribution in [0.5, 0.6) is 0 Å². The Morgan fingerprint density at radius 3 is 2.58 bits per heavy atom. The average molecular weight is 256 g/mol. The minimum absolute atomic E-state index is 0.845. The zero-order valence-corrected chi connectivity index (χ0v) is 11.6. The molecular weight excluding hydrogens is 232 g/mol. The standard InChI is InChI=1S/C17H24N2/c1-2-4-16-13(3-1)9-11-19(16)12-10-18-17(14-5-6-14)15-7-8-15/h1-4,14-15,17-18H,5-12H2. The van der Waals surface area contributed by atoms with Crippen LogP contribution in [0.15, 0.2) is 24.3 Å².